The average molecular weight is 546 g/mol. The second-order valence-corrected chi connectivity index (χ2v) is 9.27. The number of carbonyl (C=O) groups is 1. The van der Waals surface area contributed by atoms with Crippen molar-refractivity contribution in [1.82, 2.24) is 9.62 Å². The van der Waals surface area contributed by atoms with E-state index in [-0.39, 0.29) is 16.7 Å². The third-order valence-corrected chi connectivity index (χ3v) is 6.77. The van der Waals surface area contributed by atoms with Gasteiger partial charge in [-0.2, -0.15) is 39.5 Å². The fourth-order valence-electron chi connectivity index (χ4n) is 3.65. The molecule has 2 atom stereocenters. The van der Waals surface area contributed by atoms with E-state index in [2.05, 4.69) is 0 Å². The lowest BCUT2D eigenvalue weighted by atomic mass is 9.94. The molecule has 0 aliphatic carbocycles. The molecule has 0 aromatic heterocycles. The van der Waals surface area contributed by atoms with E-state index in [1.165, 1.54) is 59.5 Å². The fourth-order valence-corrected chi connectivity index (χ4v) is 4.64. The van der Waals surface area contributed by atoms with Gasteiger partial charge in [0, 0.05) is 18.7 Å². The first-order chi connectivity index (χ1) is 16.6. The predicted molar refractivity (Wildman–Crippen MR) is 112 cm³/mol. The van der Waals surface area contributed by atoms with Crippen molar-refractivity contribution in [2.45, 2.75) is 42.2 Å². The van der Waals surface area contributed by atoms with Gasteiger partial charge in [-0.1, -0.05) is 48.5 Å². The molecule has 0 bridgehead atoms. The minimum Gasteiger partial charge on any atom is -0.339 e. The molecule has 0 saturated carbocycles. The number of nitrogens with zero attached hydrogens (tertiary/aromatic N) is 1. The molecule has 2 aromatic rings. The van der Waals surface area contributed by atoms with Crippen LogP contribution in [0.2, 0.25) is 0 Å². The minimum absolute atomic E-state index is 0.00854. The van der Waals surface area contributed by atoms with E-state index in [1.54, 1.807) is 4.72 Å². The maximum Gasteiger partial charge on any atom is 0.460 e. The van der Waals surface area contributed by atoms with Gasteiger partial charge in [0.15, 0.2) is 11.0 Å². The number of likely N-dealkylation sites (tertiary alicyclic amines) is 1. The Morgan fingerprint density at radius 2 is 1.33 bits per heavy atom. The van der Waals surface area contributed by atoms with Gasteiger partial charge in [-0.25, -0.2) is 8.93 Å². The van der Waals surface area contributed by atoms with Crippen LogP contribution in [-0.2, 0) is 11.0 Å². The molecule has 1 aliphatic rings. The SMILES string of the molecule is O=C(c1ccccc1[C@H](N[S@@](=O)C(F)(F)C(F)(F)C(F)(F)C(F)(F)F)c1ccccc1)N1CCCC1. The van der Waals surface area contributed by atoms with E-state index in [9.17, 15) is 48.5 Å². The molecular formula is C22H19F9N2O2S. The van der Waals surface area contributed by atoms with Crippen LogP contribution in [0.15, 0.2) is 54.6 Å². The summed E-state index contributed by atoms with van der Waals surface area (Å²) in [5.74, 6) is -14.8. The van der Waals surface area contributed by atoms with E-state index in [1.807, 2.05) is 0 Å². The van der Waals surface area contributed by atoms with Crippen LogP contribution in [0, 0.1) is 0 Å². The van der Waals surface area contributed by atoms with Crippen LogP contribution in [0.5, 0.6) is 0 Å². The van der Waals surface area contributed by atoms with Gasteiger partial charge in [-0.3, -0.25) is 4.79 Å². The van der Waals surface area contributed by atoms with Crippen molar-refractivity contribution in [3.05, 3.63) is 71.3 Å². The Labute approximate surface area is 202 Å². The Hall–Kier alpha value is -2.61. The topological polar surface area (TPSA) is 49.4 Å². The summed E-state index contributed by atoms with van der Waals surface area (Å²) in [6.07, 6.45) is -5.64. The molecule has 1 heterocycles. The zero-order chi connectivity index (χ0) is 26.9. The number of carbonyl (C=O) groups excluding carboxylic acids is 1. The first-order valence-corrected chi connectivity index (χ1v) is 11.6. The number of amides is 1. The van der Waals surface area contributed by atoms with Gasteiger partial charge in [-0.15, -0.1) is 0 Å². The van der Waals surface area contributed by atoms with Gasteiger partial charge < -0.3 is 4.90 Å². The smallest absolute Gasteiger partial charge is 0.339 e. The Morgan fingerprint density at radius 3 is 1.89 bits per heavy atom. The van der Waals surface area contributed by atoms with Gasteiger partial charge in [0.2, 0.25) is 0 Å². The van der Waals surface area contributed by atoms with Crippen LogP contribution < -0.4 is 4.72 Å². The van der Waals surface area contributed by atoms with Crippen LogP contribution >= 0.6 is 0 Å². The quantitative estimate of drug-likeness (QED) is 0.433. The van der Waals surface area contributed by atoms with Gasteiger partial charge >= 0.3 is 23.3 Å². The Bertz CT molecular complexity index is 1100. The molecule has 14 heteroatoms. The van der Waals surface area contributed by atoms with Crippen LogP contribution in [0.3, 0.4) is 0 Å². The molecule has 1 amide bonds. The lowest BCUT2D eigenvalue weighted by Gasteiger charge is -2.34. The summed E-state index contributed by atoms with van der Waals surface area (Å²) in [5.41, 5.74) is -0.182. The largest absolute Gasteiger partial charge is 0.460 e. The number of rotatable bonds is 8. The van der Waals surface area contributed by atoms with E-state index < -0.39 is 46.2 Å². The van der Waals surface area contributed by atoms with E-state index in [0.29, 0.717) is 25.9 Å². The molecule has 4 nitrogen and oxygen atoms in total. The molecule has 0 spiro atoms. The molecule has 1 N–H and O–H groups in total. The normalized spacial score (nSPS) is 17.2. The van der Waals surface area contributed by atoms with Crippen molar-refractivity contribution >= 4 is 16.9 Å². The number of hydrogen-bond donors (Lipinski definition) is 1. The number of alkyl halides is 9. The molecule has 36 heavy (non-hydrogen) atoms. The zero-order valence-corrected chi connectivity index (χ0v) is 19.0. The molecule has 1 saturated heterocycles. The fraction of sp³-hybridized carbons (Fsp3) is 0.409. The predicted octanol–water partition coefficient (Wildman–Crippen LogP) is 5.69. The Kier molecular flexibility index (Phi) is 7.80. The summed E-state index contributed by atoms with van der Waals surface area (Å²) in [6.45, 7) is 0.776. The van der Waals surface area contributed by atoms with Crippen LogP contribution in [0.1, 0.15) is 40.4 Å². The van der Waals surface area contributed by atoms with Crippen molar-refractivity contribution in [2.24, 2.45) is 0 Å². The second-order valence-electron chi connectivity index (χ2n) is 7.98. The monoisotopic (exact) mass is 546 g/mol. The molecule has 3 rings (SSSR count). The Balaban J connectivity index is 2.05. The van der Waals surface area contributed by atoms with Gasteiger partial charge in [0.1, 0.15) is 0 Å². The number of benzene rings is 2. The molecular weight excluding hydrogens is 527 g/mol. The van der Waals surface area contributed by atoms with Crippen LogP contribution in [0.4, 0.5) is 39.5 Å². The van der Waals surface area contributed by atoms with Gasteiger partial charge in [0.05, 0.1) is 6.04 Å². The summed E-state index contributed by atoms with van der Waals surface area (Å²) in [4.78, 5) is 14.5. The van der Waals surface area contributed by atoms with E-state index >= 15 is 0 Å². The van der Waals surface area contributed by atoms with Crippen molar-refractivity contribution in [2.75, 3.05) is 13.1 Å². The van der Waals surface area contributed by atoms with Crippen LogP contribution in [0.25, 0.3) is 0 Å². The second kappa shape index (κ2) is 10.0. The summed E-state index contributed by atoms with van der Waals surface area (Å²) in [6, 6.07) is 10.5. The van der Waals surface area contributed by atoms with E-state index in [0.717, 1.165) is 0 Å². The first-order valence-electron chi connectivity index (χ1n) is 10.4. The van der Waals surface area contributed by atoms with Crippen molar-refractivity contribution in [3.8, 4) is 0 Å². The number of nitrogens with one attached hydrogen (secondary N) is 1. The van der Waals surface area contributed by atoms with Gasteiger partial charge in [0.25, 0.3) is 5.91 Å². The highest BCUT2D eigenvalue weighted by Gasteiger charge is 2.83. The highest BCUT2D eigenvalue weighted by molar-refractivity contribution is 7.84. The molecule has 1 aliphatic heterocycles. The minimum atomic E-state index is -7.19. The van der Waals surface area contributed by atoms with E-state index in [4.69, 9.17) is 0 Å². The summed E-state index contributed by atoms with van der Waals surface area (Å²) in [7, 11) is -4.47. The molecule has 0 radical (unpaired) electrons. The molecule has 1 fully saturated rings. The molecule has 198 valence electrons. The third-order valence-electron chi connectivity index (χ3n) is 5.60. The summed E-state index contributed by atoms with van der Waals surface area (Å²) < 4.78 is 134. The highest BCUT2D eigenvalue weighted by atomic mass is 32.2. The number of hydrogen-bond acceptors (Lipinski definition) is 2. The lowest BCUT2D eigenvalue weighted by Crippen LogP contribution is -2.63. The van der Waals surface area contributed by atoms with Crippen molar-refractivity contribution in [1.29, 1.82) is 0 Å². The van der Waals surface area contributed by atoms with Crippen LogP contribution in [-0.4, -0.2) is 51.4 Å². The summed E-state index contributed by atoms with van der Waals surface area (Å²) in [5, 5.41) is -6.37. The highest BCUT2D eigenvalue weighted by Crippen LogP contribution is 2.54. The average Bonchev–Trinajstić information content (AvgIpc) is 3.36. The number of halogens is 9. The molecule has 0 unspecified atom stereocenters. The lowest BCUT2D eigenvalue weighted by molar-refractivity contribution is -0.381. The Morgan fingerprint density at radius 1 is 0.806 bits per heavy atom. The maximum atomic E-state index is 14.3. The summed E-state index contributed by atoms with van der Waals surface area (Å²) >= 11 is 0. The third kappa shape index (κ3) is 4.97. The first kappa shape index (κ1) is 28.0. The molecule has 2 aromatic carbocycles. The van der Waals surface area contributed by atoms with Crippen molar-refractivity contribution < 1.29 is 48.5 Å². The van der Waals surface area contributed by atoms with Crippen molar-refractivity contribution in [3.63, 3.8) is 0 Å². The maximum absolute atomic E-state index is 14.3. The van der Waals surface area contributed by atoms with Gasteiger partial charge in [-0.05, 0) is 30.0 Å². The zero-order valence-electron chi connectivity index (χ0n) is 18.2. The standard InChI is InChI=1S/C22H19F9N2O2S/c23-19(24,21(27,28)29)20(25,26)22(30,31)36(35)32-17(14-8-2-1-3-9-14)15-10-4-5-11-16(15)18(34)33-12-6-7-13-33/h1-5,8-11,17,32H,6-7,12-13H2/t17-,36+/m1/s1.